The van der Waals surface area contributed by atoms with Crippen LogP contribution in [0.4, 0.5) is 0 Å². The van der Waals surface area contributed by atoms with Crippen LogP contribution in [0.1, 0.15) is 24.0 Å². The van der Waals surface area contributed by atoms with Gasteiger partial charge in [-0.05, 0) is 24.8 Å². The first-order chi connectivity index (χ1) is 11.7. The fraction of sp³-hybridized carbons (Fsp3) is 0.278. The van der Waals surface area contributed by atoms with Crippen molar-refractivity contribution in [2.45, 2.75) is 19.4 Å². The lowest BCUT2D eigenvalue weighted by Gasteiger charge is -2.02. The van der Waals surface area contributed by atoms with Crippen LogP contribution in [0, 0.1) is 17.8 Å². The van der Waals surface area contributed by atoms with Crippen LogP contribution in [0.5, 0.6) is 0 Å². The Balaban J connectivity index is 1.67. The molecule has 3 aromatic heterocycles. The fourth-order valence-electron chi connectivity index (χ4n) is 2.56. The molecular formula is C18H16ClN5. The lowest BCUT2D eigenvalue weighted by Crippen LogP contribution is -1.99. The van der Waals surface area contributed by atoms with E-state index < -0.39 is 0 Å². The first-order valence-electron chi connectivity index (χ1n) is 7.86. The van der Waals surface area contributed by atoms with E-state index in [1.165, 1.54) is 12.8 Å². The molecule has 0 bridgehead atoms. The van der Waals surface area contributed by atoms with Gasteiger partial charge in [-0.2, -0.15) is 10.2 Å². The number of nitrogens with zero attached hydrogens (tertiary/aromatic N) is 5. The van der Waals surface area contributed by atoms with Crippen LogP contribution in [-0.2, 0) is 13.6 Å². The molecule has 5 nitrogen and oxygen atoms in total. The second-order valence-electron chi connectivity index (χ2n) is 6.10. The lowest BCUT2D eigenvalue weighted by molar-refractivity contribution is 0.563. The van der Waals surface area contributed by atoms with Crippen molar-refractivity contribution in [2.75, 3.05) is 0 Å². The third-order valence-electron chi connectivity index (χ3n) is 4.00. The van der Waals surface area contributed by atoms with Crippen molar-refractivity contribution >= 4 is 11.6 Å². The minimum Gasteiger partial charge on any atom is -0.275 e. The van der Waals surface area contributed by atoms with Gasteiger partial charge in [0.1, 0.15) is 5.15 Å². The second-order valence-corrected chi connectivity index (χ2v) is 6.49. The summed E-state index contributed by atoms with van der Waals surface area (Å²) in [5, 5.41) is 9.01. The zero-order valence-electron chi connectivity index (χ0n) is 13.3. The maximum Gasteiger partial charge on any atom is 0.130 e. The van der Waals surface area contributed by atoms with Crippen molar-refractivity contribution in [3.63, 3.8) is 0 Å². The normalized spacial score (nSPS) is 13.6. The van der Waals surface area contributed by atoms with Gasteiger partial charge in [-0.15, -0.1) is 0 Å². The highest BCUT2D eigenvalue weighted by Crippen LogP contribution is 2.31. The molecule has 1 aliphatic carbocycles. The Morgan fingerprint density at radius 2 is 2.04 bits per heavy atom. The molecule has 0 atom stereocenters. The molecule has 0 radical (unpaired) electrons. The van der Waals surface area contributed by atoms with Crippen LogP contribution >= 0.6 is 11.6 Å². The zero-order valence-corrected chi connectivity index (χ0v) is 14.0. The Morgan fingerprint density at radius 3 is 2.79 bits per heavy atom. The minimum absolute atomic E-state index is 0.430. The molecule has 1 aliphatic rings. The third kappa shape index (κ3) is 3.34. The number of hydrogen-bond donors (Lipinski definition) is 0. The standard InChI is InChI=1S/C18H16ClN5/c1-23-10-14(7-21-23)4-5-15-6-18(19)20-9-17(15)16-8-22-24(12-16)11-13-2-3-13/h6-10,12-13H,2-3,11H2,1H3. The molecule has 24 heavy (non-hydrogen) atoms. The van der Waals surface area contributed by atoms with Crippen molar-refractivity contribution in [3.05, 3.63) is 53.3 Å². The third-order valence-corrected chi connectivity index (χ3v) is 4.21. The smallest absolute Gasteiger partial charge is 0.130 e. The van der Waals surface area contributed by atoms with E-state index in [1.807, 2.05) is 24.1 Å². The molecule has 1 saturated carbocycles. The van der Waals surface area contributed by atoms with E-state index in [0.717, 1.165) is 34.7 Å². The van der Waals surface area contributed by atoms with Gasteiger partial charge in [0, 0.05) is 48.9 Å². The topological polar surface area (TPSA) is 48.5 Å². The lowest BCUT2D eigenvalue weighted by atomic mass is 10.1. The van der Waals surface area contributed by atoms with Gasteiger partial charge < -0.3 is 0 Å². The number of hydrogen-bond acceptors (Lipinski definition) is 3. The molecule has 0 N–H and O–H groups in total. The monoisotopic (exact) mass is 337 g/mol. The largest absolute Gasteiger partial charge is 0.275 e. The van der Waals surface area contributed by atoms with E-state index in [1.54, 1.807) is 23.1 Å². The Hall–Kier alpha value is -2.58. The second kappa shape index (κ2) is 6.14. The van der Waals surface area contributed by atoms with Crippen LogP contribution in [0.25, 0.3) is 11.1 Å². The van der Waals surface area contributed by atoms with Gasteiger partial charge in [0.2, 0.25) is 0 Å². The van der Waals surface area contributed by atoms with Gasteiger partial charge >= 0.3 is 0 Å². The van der Waals surface area contributed by atoms with Crippen molar-refractivity contribution in [1.82, 2.24) is 24.5 Å². The Morgan fingerprint density at radius 1 is 1.17 bits per heavy atom. The highest BCUT2D eigenvalue weighted by Gasteiger charge is 2.22. The molecule has 0 spiro atoms. The summed E-state index contributed by atoms with van der Waals surface area (Å²) in [5.74, 6) is 7.08. The van der Waals surface area contributed by atoms with Crippen molar-refractivity contribution in [1.29, 1.82) is 0 Å². The van der Waals surface area contributed by atoms with E-state index in [-0.39, 0.29) is 0 Å². The van der Waals surface area contributed by atoms with Gasteiger partial charge in [-0.25, -0.2) is 4.98 Å². The van der Waals surface area contributed by atoms with Crippen molar-refractivity contribution in [3.8, 4) is 23.0 Å². The quantitative estimate of drug-likeness (QED) is 0.545. The number of halogens is 1. The molecule has 3 aromatic rings. The molecule has 0 saturated heterocycles. The SMILES string of the molecule is Cn1cc(C#Cc2cc(Cl)ncc2-c2cnn(CC3CC3)c2)cn1. The van der Waals surface area contributed by atoms with Crippen molar-refractivity contribution < 1.29 is 0 Å². The van der Waals surface area contributed by atoms with E-state index in [4.69, 9.17) is 11.6 Å². The summed E-state index contributed by atoms with van der Waals surface area (Å²) in [4.78, 5) is 4.20. The summed E-state index contributed by atoms with van der Waals surface area (Å²) >= 11 is 6.06. The summed E-state index contributed by atoms with van der Waals surface area (Å²) < 4.78 is 3.73. The number of aryl methyl sites for hydroxylation is 1. The summed E-state index contributed by atoms with van der Waals surface area (Å²) in [6.45, 7) is 0.984. The van der Waals surface area contributed by atoms with Gasteiger partial charge in [0.25, 0.3) is 0 Å². The molecule has 0 unspecified atom stereocenters. The van der Waals surface area contributed by atoms with Crippen LogP contribution in [0.15, 0.2) is 37.1 Å². The van der Waals surface area contributed by atoms with E-state index in [0.29, 0.717) is 5.15 Å². The van der Waals surface area contributed by atoms with Crippen molar-refractivity contribution in [2.24, 2.45) is 13.0 Å². The van der Waals surface area contributed by atoms with Gasteiger partial charge in [-0.1, -0.05) is 23.4 Å². The molecule has 120 valence electrons. The van der Waals surface area contributed by atoms with E-state index >= 15 is 0 Å². The van der Waals surface area contributed by atoms with Crippen LogP contribution < -0.4 is 0 Å². The highest BCUT2D eigenvalue weighted by molar-refractivity contribution is 6.29. The Kier molecular flexibility index (Phi) is 3.83. The van der Waals surface area contributed by atoms with Crippen LogP contribution in [-0.4, -0.2) is 24.5 Å². The first-order valence-corrected chi connectivity index (χ1v) is 8.24. The highest BCUT2D eigenvalue weighted by atomic mass is 35.5. The zero-order chi connectivity index (χ0) is 16.5. The number of pyridine rings is 1. The molecule has 0 aromatic carbocycles. The maximum absolute atomic E-state index is 6.06. The number of aromatic nitrogens is 5. The average molecular weight is 338 g/mol. The molecule has 3 heterocycles. The molecule has 4 rings (SSSR count). The van der Waals surface area contributed by atoms with Gasteiger partial charge in [-0.3, -0.25) is 9.36 Å². The van der Waals surface area contributed by atoms with Gasteiger partial charge in [0.05, 0.1) is 18.0 Å². The maximum atomic E-state index is 6.06. The molecule has 1 fully saturated rings. The van der Waals surface area contributed by atoms with E-state index in [2.05, 4.69) is 33.2 Å². The summed E-state index contributed by atoms with van der Waals surface area (Å²) in [6.07, 6.45) is 11.9. The molecule has 0 aliphatic heterocycles. The Labute approximate surface area is 145 Å². The van der Waals surface area contributed by atoms with Crippen LogP contribution in [0.2, 0.25) is 5.15 Å². The average Bonchev–Trinajstić information content (AvgIpc) is 3.08. The molecule has 0 amide bonds. The summed E-state index contributed by atoms with van der Waals surface area (Å²) in [7, 11) is 1.87. The predicted molar refractivity (Wildman–Crippen MR) is 92.4 cm³/mol. The fourth-order valence-corrected chi connectivity index (χ4v) is 2.71. The van der Waals surface area contributed by atoms with E-state index in [9.17, 15) is 0 Å². The minimum atomic E-state index is 0.430. The predicted octanol–water partition coefficient (Wildman–Crippen LogP) is 3.14. The summed E-state index contributed by atoms with van der Waals surface area (Å²) in [5.41, 5.74) is 3.65. The molecule has 6 heteroatoms. The van der Waals surface area contributed by atoms with Gasteiger partial charge in [0.15, 0.2) is 0 Å². The Bertz CT molecular complexity index is 940. The first kappa shape index (κ1) is 15.0. The molecular weight excluding hydrogens is 322 g/mol. The number of rotatable bonds is 3. The summed E-state index contributed by atoms with van der Waals surface area (Å²) in [6, 6.07) is 1.79. The van der Waals surface area contributed by atoms with Crippen LogP contribution in [0.3, 0.4) is 0 Å².